The van der Waals surface area contributed by atoms with Crippen LogP contribution in [0, 0.1) is 0 Å². The zero-order valence-electron chi connectivity index (χ0n) is 13.7. The van der Waals surface area contributed by atoms with Gasteiger partial charge < -0.3 is 15.4 Å². The van der Waals surface area contributed by atoms with Crippen molar-refractivity contribution in [3.05, 3.63) is 60.2 Å². The predicted molar refractivity (Wildman–Crippen MR) is 96.4 cm³/mol. The van der Waals surface area contributed by atoms with Crippen LogP contribution < -0.4 is 10.6 Å². The molecular weight excluding hydrogens is 324 g/mol. The molecule has 2 N–H and O–H groups in total. The molecule has 24 heavy (non-hydrogen) atoms. The van der Waals surface area contributed by atoms with Crippen molar-refractivity contribution in [2.45, 2.75) is 10.6 Å². The maximum absolute atomic E-state index is 12.4. The zero-order valence-corrected chi connectivity index (χ0v) is 14.5. The number of rotatable bonds is 9. The van der Waals surface area contributed by atoms with Gasteiger partial charge in [0.2, 0.25) is 5.91 Å². The first kappa shape index (κ1) is 18.3. The second-order valence-corrected chi connectivity index (χ2v) is 6.67. The molecule has 1 unspecified atom stereocenters. The van der Waals surface area contributed by atoms with Crippen molar-refractivity contribution in [1.82, 2.24) is 5.32 Å². The summed E-state index contributed by atoms with van der Waals surface area (Å²) in [6.07, 6.45) is 0. The number of ether oxygens (including phenoxy) is 1. The molecule has 0 fully saturated rings. The number of hydrogen-bond acceptors (Lipinski definition) is 4. The Morgan fingerprint density at radius 3 is 2.67 bits per heavy atom. The number of carbonyl (C=O) groups is 1. The second-order valence-electron chi connectivity index (χ2n) is 5.22. The second kappa shape index (κ2) is 9.97. The number of anilines is 1. The van der Waals surface area contributed by atoms with Gasteiger partial charge in [0.25, 0.3) is 0 Å². The van der Waals surface area contributed by atoms with E-state index in [1.54, 1.807) is 7.11 Å². The summed E-state index contributed by atoms with van der Waals surface area (Å²) in [4.78, 5) is 12.7. The Hall–Kier alpha value is -2.02. The minimum absolute atomic E-state index is 0.118. The summed E-state index contributed by atoms with van der Waals surface area (Å²) in [7, 11) is 0.516. The van der Waals surface area contributed by atoms with Crippen LogP contribution in [-0.4, -0.2) is 36.9 Å². The summed E-state index contributed by atoms with van der Waals surface area (Å²) < 4.78 is 17.3. The van der Waals surface area contributed by atoms with E-state index in [4.69, 9.17) is 4.74 Å². The van der Waals surface area contributed by atoms with E-state index in [-0.39, 0.29) is 12.5 Å². The molecule has 0 saturated heterocycles. The Balaban J connectivity index is 1.89. The van der Waals surface area contributed by atoms with Crippen LogP contribution in [0.3, 0.4) is 0 Å². The number of amides is 1. The molecule has 0 aromatic heterocycles. The number of hydrogen-bond donors (Lipinski definition) is 2. The van der Waals surface area contributed by atoms with E-state index in [0.717, 1.165) is 10.5 Å². The van der Waals surface area contributed by atoms with Gasteiger partial charge in [0.05, 0.1) is 29.7 Å². The highest BCUT2D eigenvalue weighted by atomic mass is 32.2. The van der Waals surface area contributed by atoms with Crippen molar-refractivity contribution in [2.24, 2.45) is 0 Å². The number of methoxy groups -OCH3 is 1. The van der Waals surface area contributed by atoms with Gasteiger partial charge in [0.15, 0.2) is 0 Å². The lowest BCUT2D eigenvalue weighted by Crippen LogP contribution is -2.30. The van der Waals surface area contributed by atoms with Crippen molar-refractivity contribution in [2.75, 3.05) is 32.1 Å². The van der Waals surface area contributed by atoms with Crippen LogP contribution in [0.1, 0.15) is 5.56 Å². The quantitative estimate of drug-likeness (QED) is 0.683. The van der Waals surface area contributed by atoms with Gasteiger partial charge >= 0.3 is 0 Å². The van der Waals surface area contributed by atoms with Gasteiger partial charge in [-0.3, -0.25) is 9.00 Å². The van der Waals surface area contributed by atoms with Gasteiger partial charge in [-0.1, -0.05) is 30.3 Å². The van der Waals surface area contributed by atoms with Gasteiger partial charge in [0.1, 0.15) is 0 Å². The van der Waals surface area contributed by atoms with Crippen molar-refractivity contribution in [3.63, 3.8) is 0 Å². The largest absolute Gasteiger partial charge is 0.383 e. The van der Waals surface area contributed by atoms with E-state index in [1.807, 2.05) is 54.6 Å². The van der Waals surface area contributed by atoms with Crippen LogP contribution in [-0.2, 0) is 26.1 Å². The SMILES string of the molecule is COCCNCC(=O)Nc1cccc(CS(=O)c2ccccc2)c1. The van der Waals surface area contributed by atoms with Crippen molar-refractivity contribution in [1.29, 1.82) is 0 Å². The van der Waals surface area contributed by atoms with Crippen molar-refractivity contribution in [3.8, 4) is 0 Å². The number of benzene rings is 2. The average Bonchev–Trinajstić information content (AvgIpc) is 2.60. The van der Waals surface area contributed by atoms with E-state index in [9.17, 15) is 9.00 Å². The van der Waals surface area contributed by atoms with Crippen LogP contribution in [0.25, 0.3) is 0 Å². The summed E-state index contributed by atoms with van der Waals surface area (Å²) in [5, 5.41) is 5.82. The molecule has 0 aliphatic heterocycles. The lowest BCUT2D eigenvalue weighted by Gasteiger charge is -2.08. The minimum atomic E-state index is -1.10. The highest BCUT2D eigenvalue weighted by molar-refractivity contribution is 7.84. The van der Waals surface area contributed by atoms with Crippen molar-refractivity contribution < 1.29 is 13.7 Å². The molecule has 1 atom stereocenters. The molecule has 2 aromatic carbocycles. The summed E-state index contributed by atoms with van der Waals surface area (Å²) in [6.45, 7) is 1.41. The van der Waals surface area contributed by atoms with Crippen LogP contribution >= 0.6 is 0 Å². The summed E-state index contributed by atoms with van der Waals surface area (Å²) in [5.74, 6) is 0.298. The summed E-state index contributed by atoms with van der Waals surface area (Å²) in [6, 6.07) is 16.8. The molecule has 5 nitrogen and oxygen atoms in total. The maximum atomic E-state index is 12.4. The summed E-state index contributed by atoms with van der Waals surface area (Å²) >= 11 is 0. The first-order valence-corrected chi connectivity index (χ1v) is 9.03. The van der Waals surface area contributed by atoms with Crippen molar-refractivity contribution >= 4 is 22.4 Å². The third kappa shape index (κ3) is 6.23. The Labute approximate surface area is 144 Å². The highest BCUT2D eigenvalue weighted by Crippen LogP contribution is 2.15. The standard InChI is InChI=1S/C18H22N2O3S/c1-23-11-10-19-13-18(21)20-16-7-5-6-15(12-16)14-24(22)17-8-3-2-4-9-17/h2-9,12,19H,10-11,13-14H2,1H3,(H,20,21). The fourth-order valence-electron chi connectivity index (χ4n) is 2.13. The normalized spacial score (nSPS) is 11.9. The molecule has 2 rings (SSSR count). The highest BCUT2D eigenvalue weighted by Gasteiger charge is 2.07. The molecule has 6 heteroatoms. The maximum Gasteiger partial charge on any atom is 0.238 e. The lowest BCUT2D eigenvalue weighted by atomic mass is 10.2. The average molecular weight is 346 g/mol. The topological polar surface area (TPSA) is 67.4 Å². The van der Waals surface area contributed by atoms with Crippen LogP contribution in [0.5, 0.6) is 0 Å². The monoisotopic (exact) mass is 346 g/mol. The molecule has 0 bridgehead atoms. The molecule has 1 amide bonds. The molecule has 0 aliphatic carbocycles. The Bertz CT molecular complexity index is 677. The van der Waals surface area contributed by atoms with Gasteiger partial charge in [-0.15, -0.1) is 0 Å². The van der Waals surface area contributed by atoms with E-state index < -0.39 is 10.8 Å². The molecule has 2 aromatic rings. The van der Waals surface area contributed by atoms with E-state index in [1.165, 1.54) is 0 Å². The molecule has 128 valence electrons. The molecule has 0 saturated carbocycles. The first-order valence-electron chi connectivity index (χ1n) is 7.71. The first-order chi connectivity index (χ1) is 11.7. The van der Waals surface area contributed by atoms with E-state index >= 15 is 0 Å². The van der Waals surface area contributed by atoms with Crippen LogP contribution in [0.4, 0.5) is 5.69 Å². The molecule has 0 spiro atoms. The van der Waals surface area contributed by atoms with Gasteiger partial charge in [0, 0.05) is 24.2 Å². The molecule has 0 radical (unpaired) electrons. The number of nitrogens with one attached hydrogen (secondary N) is 2. The predicted octanol–water partition coefficient (Wildman–Crippen LogP) is 2.17. The van der Waals surface area contributed by atoms with E-state index in [2.05, 4.69) is 10.6 Å². The number of carbonyl (C=O) groups excluding carboxylic acids is 1. The summed E-state index contributed by atoms with van der Waals surface area (Å²) in [5.41, 5.74) is 1.62. The van der Waals surface area contributed by atoms with Gasteiger partial charge in [-0.2, -0.15) is 0 Å². The molecule has 0 aliphatic rings. The fourth-order valence-corrected chi connectivity index (χ4v) is 3.24. The van der Waals surface area contributed by atoms with Crippen LogP contribution in [0.15, 0.2) is 59.5 Å². The van der Waals surface area contributed by atoms with E-state index in [0.29, 0.717) is 24.6 Å². The van der Waals surface area contributed by atoms with Gasteiger partial charge in [-0.25, -0.2) is 0 Å². The minimum Gasteiger partial charge on any atom is -0.383 e. The molecular formula is C18H22N2O3S. The zero-order chi connectivity index (χ0) is 17.2. The third-order valence-corrected chi connectivity index (χ3v) is 4.68. The third-order valence-electron chi connectivity index (χ3n) is 3.28. The Morgan fingerprint density at radius 2 is 1.92 bits per heavy atom. The van der Waals surface area contributed by atoms with Crippen LogP contribution in [0.2, 0.25) is 0 Å². The molecule has 0 heterocycles. The Morgan fingerprint density at radius 1 is 1.12 bits per heavy atom. The Kier molecular flexibility index (Phi) is 7.61. The van der Waals surface area contributed by atoms with Gasteiger partial charge in [-0.05, 0) is 29.8 Å². The smallest absolute Gasteiger partial charge is 0.238 e. The lowest BCUT2D eigenvalue weighted by molar-refractivity contribution is -0.115. The fraction of sp³-hybridized carbons (Fsp3) is 0.278.